The third kappa shape index (κ3) is 3.54. The van der Waals surface area contributed by atoms with E-state index in [0.717, 1.165) is 13.0 Å². The van der Waals surface area contributed by atoms with E-state index in [1.165, 1.54) is 34.4 Å². The molecule has 0 aliphatic carbocycles. The van der Waals surface area contributed by atoms with Crippen molar-refractivity contribution in [1.29, 1.82) is 0 Å². The standard InChI is InChI=1S/C28H28N2O/c1-20(2)29-17-8-12-23-19-24(14-15-26(23)29)27-25-13-7-6-9-21(25)16-18-30(27)28(31)22-10-4-3-5-11-22/h3-7,9-11,13-16,18-20,27H,8,12,17H2,1-2H3. The van der Waals surface area contributed by atoms with E-state index in [4.69, 9.17) is 0 Å². The average Bonchev–Trinajstić information content (AvgIpc) is 2.82. The van der Waals surface area contributed by atoms with Gasteiger partial charge in [0.2, 0.25) is 0 Å². The molecule has 1 unspecified atom stereocenters. The van der Waals surface area contributed by atoms with E-state index < -0.39 is 0 Å². The lowest BCUT2D eigenvalue weighted by Gasteiger charge is -2.37. The van der Waals surface area contributed by atoms with Crippen LogP contribution in [0, 0.1) is 0 Å². The molecule has 0 radical (unpaired) electrons. The fourth-order valence-electron chi connectivity index (χ4n) is 4.92. The molecule has 0 N–H and O–H groups in total. The highest BCUT2D eigenvalue weighted by atomic mass is 16.2. The summed E-state index contributed by atoms with van der Waals surface area (Å²) in [5, 5.41) is 0. The summed E-state index contributed by atoms with van der Waals surface area (Å²) in [6.45, 7) is 5.62. The van der Waals surface area contributed by atoms with E-state index in [-0.39, 0.29) is 11.9 Å². The maximum Gasteiger partial charge on any atom is 0.258 e. The number of amides is 1. The predicted molar refractivity (Wildman–Crippen MR) is 127 cm³/mol. The van der Waals surface area contributed by atoms with E-state index in [0.29, 0.717) is 11.6 Å². The molecule has 3 heteroatoms. The van der Waals surface area contributed by atoms with Crippen LogP contribution in [0.25, 0.3) is 6.08 Å². The summed E-state index contributed by atoms with van der Waals surface area (Å²) in [5.41, 5.74) is 6.95. The number of fused-ring (bicyclic) bond motifs is 2. The Labute approximate surface area is 184 Å². The van der Waals surface area contributed by atoms with Crippen molar-refractivity contribution in [3.63, 3.8) is 0 Å². The third-order valence-corrected chi connectivity index (χ3v) is 6.44. The minimum atomic E-state index is -0.131. The topological polar surface area (TPSA) is 23.6 Å². The van der Waals surface area contributed by atoms with Crippen molar-refractivity contribution < 1.29 is 4.79 Å². The van der Waals surface area contributed by atoms with Gasteiger partial charge in [-0.05, 0) is 73.2 Å². The van der Waals surface area contributed by atoms with Gasteiger partial charge in [-0.25, -0.2) is 0 Å². The highest BCUT2D eigenvalue weighted by Crippen LogP contribution is 2.39. The second kappa shape index (κ2) is 8.07. The predicted octanol–water partition coefficient (Wildman–Crippen LogP) is 6.06. The molecule has 0 aromatic heterocycles. The normalized spacial score (nSPS) is 17.5. The Balaban J connectivity index is 1.60. The molecule has 156 valence electrons. The van der Waals surface area contributed by atoms with Crippen LogP contribution >= 0.6 is 0 Å². The molecule has 2 heterocycles. The molecule has 3 nitrogen and oxygen atoms in total. The number of nitrogens with zero attached hydrogens (tertiary/aromatic N) is 2. The van der Waals surface area contributed by atoms with Crippen LogP contribution in [-0.2, 0) is 6.42 Å². The summed E-state index contributed by atoms with van der Waals surface area (Å²) < 4.78 is 0. The van der Waals surface area contributed by atoms with Crippen molar-refractivity contribution >= 4 is 17.7 Å². The molecule has 0 saturated carbocycles. The number of aryl methyl sites for hydroxylation is 1. The van der Waals surface area contributed by atoms with Crippen LogP contribution in [0.15, 0.2) is 79.0 Å². The summed E-state index contributed by atoms with van der Waals surface area (Å²) in [6, 6.07) is 25.1. The lowest BCUT2D eigenvalue weighted by atomic mass is 9.88. The van der Waals surface area contributed by atoms with Gasteiger partial charge in [0.25, 0.3) is 5.91 Å². The van der Waals surface area contributed by atoms with E-state index in [2.05, 4.69) is 61.2 Å². The number of benzene rings is 3. The summed E-state index contributed by atoms with van der Waals surface area (Å²) in [5.74, 6) is 0.0258. The Kier molecular flexibility index (Phi) is 5.11. The van der Waals surface area contributed by atoms with E-state index in [9.17, 15) is 4.79 Å². The van der Waals surface area contributed by atoms with Gasteiger partial charge in [-0.3, -0.25) is 4.79 Å². The van der Waals surface area contributed by atoms with E-state index in [1.807, 2.05) is 47.5 Å². The molecule has 2 aliphatic rings. The first-order chi connectivity index (χ1) is 15.1. The second-order valence-corrected chi connectivity index (χ2v) is 8.70. The van der Waals surface area contributed by atoms with Gasteiger partial charge >= 0.3 is 0 Å². The van der Waals surface area contributed by atoms with Crippen LogP contribution in [0.4, 0.5) is 5.69 Å². The summed E-state index contributed by atoms with van der Waals surface area (Å²) in [7, 11) is 0. The molecule has 0 bridgehead atoms. The number of hydrogen-bond acceptors (Lipinski definition) is 2. The van der Waals surface area contributed by atoms with Gasteiger partial charge in [0, 0.05) is 30.0 Å². The monoisotopic (exact) mass is 408 g/mol. The zero-order valence-electron chi connectivity index (χ0n) is 18.2. The first kappa shape index (κ1) is 19.6. The zero-order valence-corrected chi connectivity index (χ0v) is 18.2. The number of anilines is 1. The largest absolute Gasteiger partial charge is 0.369 e. The van der Waals surface area contributed by atoms with E-state index >= 15 is 0 Å². The van der Waals surface area contributed by atoms with Crippen molar-refractivity contribution in [2.24, 2.45) is 0 Å². The van der Waals surface area contributed by atoms with Crippen LogP contribution in [0.2, 0.25) is 0 Å². The quantitative estimate of drug-likeness (QED) is 0.526. The highest BCUT2D eigenvalue weighted by Gasteiger charge is 2.31. The molecule has 3 aromatic carbocycles. The van der Waals surface area contributed by atoms with Crippen molar-refractivity contribution in [2.45, 2.75) is 38.8 Å². The summed E-state index contributed by atoms with van der Waals surface area (Å²) >= 11 is 0. The lowest BCUT2D eigenvalue weighted by Crippen LogP contribution is -2.36. The van der Waals surface area contributed by atoms with Gasteiger partial charge in [0.05, 0.1) is 6.04 Å². The summed E-state index contributed by atoms with van der Waals surface area (Å²) in [4.78, 5) is 17.9. The Morgan fingerprint density at radius 3 is 2.55 bits per heavy atom. The molecule has 0 spiro atoms. The van der Waals surface area contributed by atoms with Crippen molar-refractivity contribution in [1.82, 2.24) is 4.90 Å². The third-order valence-electron chi connectivity index (χ3n) is 6.44. The van der Waals surface area contributed by atoms with Crippen LogP contribution < -0.4 is 4.90 Å². The first-order valence-corrected chi connectivity index (χ1v) is 11.2. The van der Waals surface area contributed by atoms with Gasteiger partial charge < -0.3 is 9.80 Å². The molecule has 5 rings (SSSR count). The van der Waals surface area contributed by atoms with Gasteiger partial charge in [-0.15, -0.1) is 0 Å². The van der Waals surface area contributed by atoms with Crippen LogP contribution in [0.5, 0.6) is 0 Å². The second-order valence-electron chi connectivity index (χ2n) is 8.70. The molecular weight excluding hydrogens is 380 g/mol. The van der Waals surface area contributed by atoms with Gasteiger partial charge in [-0.2, -0.15) is 0 Å². The fraction of sp³-hybridized carbons (Fsp3) is 0.250. The fourth-order valence-corrected chi connectivity index (χ4v) is 4.92. The zero-order chi connectivity index (χ0) is 21.4. The minimum absolute atomic E-state index is 0.0258. The van der Waals surface area contributed by atoms with Crippen molar-refractivity contribution in [3.05, 3.63) is 107 Å². The Morgan fingerprint density at radius 1 is 0.968 bits per heavy atom. The Bertz CT molecular complexity index is 1130. The van der Waals surface area contributed by atoms with Crippen molar-refractivity contribution in [3.8, 4) is 0 Å². The summed E-state index contributed by atoms with van der Waals surface area (Å²) in [6.07, 6.45) is 6.25. The number of carbonyl (C=O) groups excluding carboxylic acids is 1. The highest BCUT2D eigenvalue weighted by molar-refractivity contribution is 5.96. The molecule has 1 atom stereocenters. The van der Waals surface area contributed by atoms with Crippen LogP contribution in [-0.4, -0.2) is 23.4 Å². The van der Waals surface area contributed by atoms with Gasteiger partial charge in [0.1, 0.15) is 0 Å². The molecule has 2 aliphatic heterocycles. The van der Waals surface area contributed by atoms with Gasteiger partial charge in [0.15, 0.2) is 0 Å². The molecule has 0 fully saturated rings. The first-order valence-electron chi connectivity index (χ1n) is 11.2. The van der Waals surface area contributed by atoms with Crippen LogP contribution in [0.1, 0.15) is 58.9 Å². The lowest BCUT2D eigenvalue weighted by molar-refractivity contribution is 0.0787. The average molecular weight is 409 g/mol. The Morgan fingerprint density at radius 2 is 1.74 bits per heavy atom. The maximum atomic E-state index is 13.5. The molecule has 0 saturated heterocycles. The molecule has 31 heavy (non-hydrogen) atoms. The van der Waals surface area contributed by atoms with Gasteiger partial charge in [-0.1, -0.05) is 54.6 Å². The maximum absolute atomic E-state index is 13.5. The minimum Gasteiger partial charge on any atom is -0.369 e. The number of rotatable bonds is 3. The molecule has 3 aromatic rings. The smallest absolute Gasteiger partial charge is 0.258 e. The number of hydrogen-bond donors (Lipinski definition) is 0. The SMILES string of the molecule is CC(C)N1CCCc2cc(C3c4ccccc4C=CN3C(=O)c3ccccc3)ccc21. The molecule has 1 amide bonds. The van der Waals surface area contributed by atoms with Crippen molar-refractivity contribution in [2.75, 3.05) is 11.4 Å². The Hall–Kier alpha value is -3.33. The van der Waals surface area contributed by atoms with Crippen LogP contribution in [0.3, 0.4) is 0 Å². The van der Waals surface area contributed by atoms with E-state index in [1.54, 1.807) is 0 Å². The molecular formula is C28H28N2O. The number of carbonyl (C=O) groups is 1.